The molecular weight excluding hydrogens is 164 g/mol. The van der Waals surface area contributed by atoms with E-state index in [1.54, 1.807) is 0 Å². The zero-order chi connectivity index (χ0) is 5.98. The van der Waals surface area contributed by atoms with Crippen molar-refractivity contribution in [3.63, 3.8) is 0 Å². The maximum atomic E-state index is 3.59. The third-order valence-electron chi connectivity index (χ3n) is 1.62. The zero-order valence-electron chi connectivity index (χ0n) is 5.15. The summed E-state index contributed by atoms with van der Waals surface area (Å²) in [7, 11) is 0. The van der Waals surface area contributed by atoms with Crippen molar-refractivity contribution in [2.24, 2.45) is 0 Å². The van der Waals surface area contributed by atoms with Crippen molar-refractivity contribution in [3.05, 3.63) is 11.6 Å². The summed E-state index contributed by atoms with van der Waals surface area (Å²) in [6.45, 7) is 2.19. The maximum Gasteiger partial charge on any atom is 0.0352 e. The maximum absolute atomic E-state index is 3.59. The molecular formula is C7H11Br. The highest BCUT2D eigenvalue weighted by Gasteiger charge is 2.08. The fraction of sp³-hybridized carbons (Fsp3) is 0.714. The molecule has 0 N–H and O–H groups in total. The first-order valence-electron chi connectivity index (χ1n) is 3.11. The van der Waals surface area contributed by atoms with Gasteiger partial charge in [0.05, 0.1) is 0 Å². The predicted octanol–water partition coefficient (Wildman–Crippen LogP) is 2.88. The van der Waals surface area contributed by atoms with Crippen molar-refractivity contribution < 1.29 is 0 Å². The van der Waals surface area contributed by atoms with Gasteiger partial charge >= 0.3 is 0 Å². The van der Waals surface area contributed by atoms with E-state index in [9.17, 15) is 0 Å². The fourth-order valence-corrected chi connectivity index (χ4v) is 1.49. The van der Waals surface area contributed by atoms with Gasteiger partial charge in [0.15, 0.2) is 0 Å². The SMILES string of the molecule is CC1=CCCCC1Br. The summed E-state index contributed by atoms with van der Waals surface area (Å²) in [6.07, 6.45) is 6.28. The van der Waals surface area contributed by atoms with Crippen LogP contribution in [-0.4, -0.2) is 4.83 Å². The molecule has 0 aromatic heterocycles. The Morgan fingerprint density at radius 1 is 1.75 bits per heavy atom. The molecule has 0 bridgehead atoms. The van der Waals surface area contributed by atoms with Crippen LogP contribution in [0.4, 0.5) is 0 Å². The molecule has 0 saturated carbocycles. The zero-order valence-corrected chi connectivity index (χ0v) is 6.74. The van der Waals surface area contributed by atoms with Gasteiger partial charge in [-0.2, -0.15) is 0 Å². The molecule has 46 valence electrons. The van der Waals surface area contributed by atoms with E-state index in [4.69, 9.17) is 0 Å². The van der Waals surface area contributed by atoms with Crippen LogP contribution in [0, 0.1) is 0 Å². The van der Waals surface area contributed by atoms with E-state index in [0.29, 0.717) is 4.83 Å². The van der Waals surface area contributed by atoms with Crippen LogP contribution < -0.4 is 0 Å². The van der Waals surface area contributed by atoms with Crippen LogP contribution in [0.15, 0.2) is 11.6 Å². The lowest BCUT2D eigenvalue weighted by molar-refractivity contribution is 0.720. The molecule has 0 aromatic carbocycles. The first-order chi connectivity index (χ1) is 3.80. The molecule has 0 spiro atoms. The Kier molecular flexibility index (Phi) is 2.12. The molecule has 0 radical (unpaired) electrons. The average Bonchev–Trinajstić information content (AvgIpc) is 1.77. The topological polar surface area (TPSA) is 0 Å². The highest BCUT2D eigenvalue weighted by atomic mass is 79.9. The second-order valence-electron chi connectivity index (χ2n) is 2.35. The van der Waals surface area contributed by atoms with Gasteiger partial charge in [-0.15, -0.1) is 0 Å². The molecule has 0 nitrogen and oxygen atoms in total. The quantitative estimate of drug-likeness (QED) is 0.392. The largest absolute Gasteiger partial charge is 0.0845 e. The summed E-state index contributed by atoms with van der Waals surface area (Å²) >= 11 is 3.59. The third-order valence-corrected chi connectivity index (χ3v) is 2.80. The number of alkyl halides is 1. The summed E-state index contributed by atoms with van der Waals surface area (Å²) in [5.41, 5.74) is 1.51. The van der Waals surface area contributed by atoms with Gasteiger partial charge in [0.1, 0.15) is 0 Å². The Balaban J connectivity index is 2.53. The Labute approximate surface area is 59.1 Å². The molecule has 1 aliphatic rings. The van der Waals surface area contributed by atoms with Gasteiger partial charge in [-0.05, 0) is 26.2 Å². The van der Waals surface area contributed by atoms with Gasteiger partial charge in [-0.1, -0.05) is 27.6 Å². The van der Waals surface area contributed by atoms with E-state index in [1.165, 1.54) is 24.8 Å². The number of hydrogen-bond acceptors (Lipinski definition) is 0. The number of hydrogen-bond donors (Lipinski definition) is 0. The van der Waals surface area contributed by atoms with Crippen LogP contribution >= 0.6 is 15.9 Å². The predicted molar refractivity (Wildman–Crippen MR) is 40.3 cm³/mol. The molecule has 0 fully saturated rings. The lowest BCUT2D eigenvalue weighted by Gasteiger charge is -2.14. The van der Waals surface area contributed by atoms with Gasteiger partial charge in [-0.3, -0.25) is 0 Å². The first-order valence-corrected chi connectivity index (χ1v) is 4.03. The van der Waals surface area contributed by atoms with Gasteiger partial charge in [0.2, 0.25) is 0 Å². The number of allylic oxidation sites excluding steroid dienone is 2. The van der Waals surface area contributed by atoms with Crippen molar-refractivity contribution in [1.82, 2.24) is 0 Å². The molecule has 0 aromatic rings. The summed E-state index contributed by atoms with van der Waals surface area (Å²) in [5.74, 6) is 0. The Hall–Kier alpha value is 0.220. The van der Waals surface area contributed by atoms with Crippen molar-refractivity contribution in [1.29, 1.82) is 0 Å². The monoisotopic (exact) mass is 174 g/mol. The fourth-order valence-electron chi connectivity index (χ4n) is 0.982. The molecule has 0 heterocycles. The lowest BCUT2D eigenvalue weighted by atomic mass is 10.0. The second-order valence-corrected chi connectivity index (χ2v) is 3.45. The molecule has 1 atom stereocenters. The highest BCUT2D eigenvalue weighted by Crippen LogP contribution is 2.23. The molecule has 0 amide bonds. The molecule has 1 rings (SSSR count). The Morgan fingerprint density at radius 3 is 2.88 bits per heavy atom. The molecule has 8 heavy (non-hydrogen) atoms. The normalized spacial score (nSPS) is 29.8. The minimum atomic E-state index is 0.677. The van der Waals surface area contributed by atoms with E-state index in [2.05, 4.69) is 28.9 Å². The lowest BCUT2D eigenvalue weighted by Crippen LogP contribution is -2.03. The van der Waals surface area contributed by atoms with Crippen molar-refractivity contribution in [2.75, 3.05) is 0 Å². The van der Waals surface area contributed by atoms with E-state index < -0.39 is 0 Å². The van der Waals surface area contributed by atoms with E-state index in [-0.39, 0.29) is 0 Å². The third kappa shape index (κ3) is 1.35. The van der Waals surface area contributed by atoms with Crippen LogP contribution in [0.25, 0.3) is 0 Å². The van der Waals surface area contributed by atoms with Gasteiger partial charge < -0.3 is 0 Å². The molecule has 1 aliphatic carbocycles. The van der Waals surface area contributed by atoms with E-state index in [0.717, 1.165) is 0 Å². The molecule has 1 unspecified atom stereocenters. The first kappa shape index (κ1) is 6.34. The standard InChI is InChI=1S/C7H11Br/c1-6-4-2-3-5-7(6)8/h4,7H,2-3,5H2,1H3. The van der Waals surface area contributed by atoms with Crippen LogP contribution in [0.3, 0.4) is 0 Å². The summed E-state index contributed by atoms with van der Waals surface area (Å²) in [5, 5.41) is 0. The highest BCUT2D eigenvalue weighted by molar-refractivity contribution is 9.09. The van der Waals surface area contributed by atoms with Crippen LogP contribution in [-0.2, 0) is 0 Å². The van der Waals surface area contributed by atoms with Gasteiger partial charge in [0.25, 0.3) is 0 Å². The second kappa shape index (κ2) is 2.67. The minimum Gasteiger partial charge on any atom is -0.0845 e. The van der Waals surface area contributed by atoms with Gasteiger partial charge in [0, 0.05) is 4.83 Å². The molecule has 0 aliphatic heterocycles. The van der Waals surface area contributed by atoms with E-state index in [1.807, 2.05) is 0 Å². The molecule has 0 saturated heterocycles. The van der Waals surface area contributed by atoms with Crippen LogP contribution in [0.2, 0.25) is 0 Å². The Morgan fingerprint density at radius 2 is 2.50 bits per heavy atom. The average molecular weight is 175 g/mol. The summed E-state index contributed by atoms with van der Waals surface area (Å²) < 4.78 is 0. The van der Waals surface area contributed by atoms with Crippen LogP contribution in [0.5, 0.6) is 0 Å². The van der Waals surface area contributed by atoms with Crippen LogP contribution in [0.1, 0.15) is 26.2 Å². The minimum absolute atomic E-state index is 0.677. The van der Waals surface area contributed by atoms with Crippen molar-refractivity contribution >= 4 is 15.9 Å². The number of rotatable bonds is 0. The summed E-state index contributed by atoms with van der Waals surface area (Å²) in [6, 6.07) is 0. The summed E-state index contributed by atoms with van der Waals surface area (Å²) in [4.78, 5) is 0.677. The van der Waals surface area contributed by atoms with Gasteiger partial charge in [-0.25, -0.2) is 0 Å². The smallest absolute Gasteiger partial charge is 0.0352 e. The van der Waals surface area contributed by atoms with E-state index >= 15 is 0 Å². The molecule has 1 heteroatoms. The number of halogens is 1. The van der Waals surface area contributed by atoms with Crippen molar-refractivity contribution in [2.45, 2.75) is 31.0 Å². The van der Waals surface area contributed by atoms with Crippen molar-refractivity contribution in [3.8, 4) is 0 Å². The Bertz CT molecular complexity index is 105.